The van der Waals surface area contributed by atoms with Gasteiger partial charge < -0.3 is 4.74 Å². The Morgan fingerprint density at radius 2 is 1.68 bits per heavy atom. The van der Waals surface area contributed by atoms with E-state index in [4.69, 9.17) is 4.74 Å². The quantitative estimate of drug-likeness (QED) is 0.804. The van der Waals surface area contributed by atoms with Crippen molar-refractivity contribution in [3.05, 3.63) is 60.7 Å². The molecule has 0 spiro atoms. The van der Waals surface area contributed by atoms with Crippen molar-refractivity contribution in [2.24, 2.45) is 0 Å². The molecule has 0 aromatic heterocycles. The van der Waals surface area contributed by atoms with Crippen LogP contribution in [0.1, 0.15) is 13.3 Å². The highest BCUT2D eigenvalue weighted by Gasteiger charge is 2.45. The van der Waals surface area contributed by atoms with Crippen molar-refractivity contribution in [1.82, 2.24) is 0 Å². The van der Waals surface area contributed by atoms with Crippen LogP contribution in [0.5, 0.6) is 0 Å². The summed E-state index contributed by atoms with van der Waals surface area (Å²) in [7, 11) is 0. The van der Waals surface area contributed by atoms with Gasteiger partial charge in [-0.05, 0) is 31.2 Å². The molecule has 2 aromatic rings. The number of carbonyl (C=O) groups is 3. The average molecular weight is 338 g/mol. The van der Waals surface area contributed by atoms with E-state index in [0.29, 0.717) is 11.4 Å². The van der Waals surface area contributed by atoms with Gasteiger partial charge in [0.15, 0.2) is 0 Å². The summed E-state index contributed by atoms with van der Waals surface area (Å²) >= 11 is 0. The van der Waals surface area contributed by atoms with Crippen LogP contribution in [0, 0.1) is 0 Å². The molecule has 128 valence electrons. The molecular weight excluding hydrogens is 320 g/mol. The van der Waals surface area contributed by atoms with Gasteiger partial charge in [-0.3, -0.25) is 14.5 Å². The molecule has 1 unspecified atom stereocenters. The lowest BCUT2D eigenvalue weighted by atomic mass is 10.2. The number of para-hydroxylation sites is 2. The predicted octanol–water partition coefficient (Wildman–Crippen LogP) is 2.98. The minimum Gasteiger partial charge on any atom is -0.449 e. The Morgan fingerprint density at radius 3 is 2.28 bits per heavy atom. The van der Waals surface area contributed by atoms with Gasteiger partial charge in [0.1, 0.15) is 6.04 Å². The topological polar surface area (TPSA) is 66.9 Å². The Hall–Kier alpha value is -3.15. The van der Waals surface area contributed by atoms with E-state index in [2.05, 4.69) is 0 Å². The second kappa shape index (κ2) is 7.17. The monoisotopic (exact) mass is 338 g/mol. The van der Waals surface area contributed by atoms with Crippen LogP contribution < -0.4 is 9.80 Å². The van der Waals surface area contributed by atoms with Gasteiger partial charge in [0.25, 0.3) is 5.91 Å². The summed E-state index contributed by atoms with van der Waals surface area (Å²) in [5.41, 5.74) is 1.01. The van der Waals surface area contributed by atoms with Crippen LogP contribution in [-0.2, 0) is 14.3 Å². The molecule has 1 aliphatic heterocycles. The van der Waals surface area contributed by atoms with Gasteiger partial charge in [-0.25, -0.2) is 9.69 Å². The first-order valence-electron chi connectivity index (χ1n) is 8.06. The number of carbonyl (C=O) groups excluding carboxylic acids is 3. The number of rotatable bonds is 4. The summed E-state index contributed by atoms with van der Waals surface area (Å²) in [6.07, 6.45) is -0.726. The van der Waals surface area contributed by atoms with E-state index in [0.717, 1.165) is 4.90 Å². The van der Waals surface area contributed by atoms with Crippen LogP contribution in [0.2, 0.25) is 0 Å². The van der Waals surface area contributed by atoms with Crippen molar-refractivity contribution in [3.63, 3.8) is 0 Å². The lowest BCUT2D eigenvalue weighted by molar-refractivity contribution is -0.121. The van der Waals surface area contributed by atoms with E-state index in [1.165, 1.54) is 4.90 Å². The number of ether oxygens (including phenoxy) is 1. The molecular formula is C19H18N2O4. The van der Waals surface area contributed by atoms with E-state index in [-0.39, 0.29) is 18.9 Å². The number of imide groups is 1. The van der Waals surface area contributed by atoms with Gasteiger partial charge in [-0.1, -0.05) is 36.4 Å². The molecule has 3 amide bonds. The minimum atomic E-state index is -0.922. The van der Waals surface area contributed by atoms with Crippen molar-refractivity contribution < 1.29 is 19.1 Å². The molecule has 2 aromatic carbocycles. The summed E-state index contributed by atoms with van der Waals surface area (Å²) in [6.45, 7) is 1.87. The highest BCUT2D eigenvalue weighted by Crippen LogP contribution is 2.29. The Labute approximate surface area is 145 Å². The highest BCUT2D eigenvalue weighted by molar-refractivity contribution is 6.24. The van der Waals surface area contributed by atoms with Crippen molar-refractivity contribution >= 4 is 29.3 Å². The Bertz CT molecular complexity index is 777. The van der Waals surface area contributed by atoms with E-state index >= 15 is 0 Å². The lowest BCUT2D eigenvalue weighted by Gasteiger charge is -2.26. The van der Waals surface area contributed by atoms with Gasteiger partial charge in [-0.15, -0.1) is 0 Å². The lowest BCUT2D eigenvalue weighted by Crippen LogP contribution is -2.46. The molecule has 0 saturated carbocycles. The van der Waals surface area contributed by atoms with E-state index < -0.39 is 18.0 Å². The molecule has 1 atom stereocenters. The van der Waals surface area contributed by atoms with E-state index in [1.807, 2.05) is 6.07 Å². The largest absolute Gasteiger partial charge is 0.449 e. The van der Waals surface area contributed by atoms with Gasteiger partial charge in [0, 0.05) is 5.69 Å². The summed E-state index contributed by atoms with van der Waals surface area (Å²) < 4.78 is 5.10. The summed E-state index contributed by atoms with van der Waals surface area (Å²) in [4.78, 5) is 40.2. The van der Waals surface area contributed by atoms with Crippen LogP contribution in [0.4, 0.5) is 16.2 Å². The first-order valence-corrected chi connectivity index (χ1v) is 8.06. The Kier molecular flexibility index (Phi) is 4.79. The predicted molar refractivity (Wildman–Crippen MR) is 93.3 cm³/mol. The SMILES string of the molecule is CCOC(=O)N(c1ccccc1)C1CC(=O)N(c2ccccc2)C1=O. The van der Waals surface area contributed by atoms with Crippen molar-refractivity contribution in [1.29, 1.82) is 0 Å². The molecule has 3 rings (SSSR count). The average Bonchev–Trinajstić information content (AvgIpc) is 2.91. The Morgan fingerprint density at radius 1 is 1.08 bits per heavy atom. The molecule has 0 N–H and O–H groups in total. The smallest absolute Gasteiger partial charge is 0.415 e. The molecule has 1 saturated heterocycles. The highest BCUT2D eigenvalue weighted by atomic mass is 16.6. The Balaban J connectivity index is 1.96. The van der Waals surface area contributed by atoms with Gasteiger partial charge in [0.05, 0.1) is 18.7 Å². The number of anilines is 2. The molecule has 0 radical (unpaired) electrons. The fraction of sp³-hybridized carbons (Fsp3) is 0.211. The second-order valence-corrected chi connectivity index (χ2v) is 5.53. The molecule has 1 fully saturated rings. The number of hydrogen-bond donors (Lipinski definition) is 0. The molecule has 6 nitrogen and oxygen atoms in total. The van der Waals surface area contributed by atoms with Crippen LogP contribution in [0.3, 0.4) is 0 Å². The molecule has 0 bridgehead atoms. The molecule has 1 heterocycles. The maximum atomic E-state index is 12.9. The third-order valence-corrected chi connectivity index (χ3v) is 3.95. The van der Waals surface area contributed by atoms with E-state index in [1.54, 1.807) is 61.5 Å². The van der Waals surface area contributed by atoms with Gasteiger partial charge in [0.2, 0.25) is 5.91 Å². The zero-order chi connectivity index (χ0) is 17.8. The summed E-state index contributed by atoms with van der Waals surface area (Å²) in [5, 5.41) is 0. The summed E-state index contributed by atoms with van der Waals surface area (Å²) in [5.74, 6) is -0.778. The van der Waals surface area contributed by atoms with Gasteiger partial charge in [-0.2, -0.15) is 0 Å². The number of benzene rings is 2. The standard InChI is InChI=1S/C19H18N2O4/c1-2-25-19(24)20(14-9-5-3-6-10-14)16-13-17(22)21(18(16)23)15-11-7-4-8-12-15/h3-12,16H,2,13H2,1H3. The van der Waals surface area contributed by atoms with Crippen molar-refractivity contribution in [2.75, 3.05) is 16.4 Å². The van der Waals surface area contributed by atoms with Crippen LogP contribution in [-0.4, -0.2) is 30.6 Å². The molecule has 1 aliphatic rings. The van der Waals surface area contributed by atoms with Crippen LogP contribution in [0.15, 0.2) is 60.7 Å². The summed E-state index contributed by atoms with van der Waals surface area (Å²) in [6, 6.07) is 16.5. The number of amides is 3. The first-order chi connectivity index (χ1) is 12.1. The zero-order valence-electron chi connectivity index (χ0n) is 13.8. The number of hydrogen-bond acceptors (Lipinski definition) is 4. The third-order valence-electron chi connectivity index (χ3n) is 3.95. The first kappa shape index (κ1) is 16.7. The maximum Gasteiger partial charge on any atom is 0.415 e. The fourth-order valence-electron chi connectivity index (χ4n) is 2.86. The van der Waals surface area contributed by atoms with E-state index in [9.17, 15) is 14.4 Å². The minimum absolute atomic E-state index is 0.0819. The normalized spacial score (nSPS) is 16.8. The van der Waals surface area contributed by atoms with Crippen molar-refractivity contribution in [2.45, 2.75) is 19.4 Å². The third kappa shape index (κ3) is 3.24. The molecule has 6 heteroatoms. The van der Waals surface area contributed by atoms with Crippen LogP contribution >= 0.6 is 0 Å². The molecule has 0 aliphatic carbocycles. The molecule has 25 heavy (non-hydrogen) atoms. The number of nitrogens with zero attached hydrogens (tertiary/aromatic N) is 2. The zero-order valence-corrected chi connectivity index (χ0v) is 13.8. The van der Waals surface area contributed by atoms with Gasteiger partial charge >= 0.3 is 6.09 Å². The second-order valence-electron chi connectivity index (χ2n) is 5.53. The maximum absolute atomic E-state index is 12.9. The van der Waals surface area contributed by atoms with Crippen molar-refractivity contribution in [3.8, 4) is 0 Å². The fourth-order valence-corrected chi connectivity index (χ4v) is 2.86. The van der Waals surface area contributed by atoms with Crippen LogP contribution in [0.25, 0.3) is 0 Å².